The van der Waals surface area contributed by atoms with Gasteiger partial charge >= 0.3 is 11.7 Å². The van der Waals surface area contributed by atoms with Crippen molar-refractivity contribution in [1.29, 1.82) is 0 Å². The zero-order chi connectivity index (χ0) is 12.6. The number of H-pyrrole nitrogens is 1. The molecule has 2 aromatic heterocycles. The van der Waals surface area contributed by atoms with E-state index in [1.54, 1.807) is 10.8 Å². The van der Waals surface area contributed by atoms with Crippen molar-refractivity contribution in [3.63, 3.8) is 0 Å². The summed E-state index contributed by atoms with van der Waals surface area (Å²) in [4.78, 5) is 35.8. The van der Waals surface area contributed by atoms with Gasteiger partial charge in [-0.05, 0) is 0 Å². The van der Waals surface area contributed by atoms with Gasteiger partial charge in [0.25, 0.3) is 5.56 Å². The van der Waals surface area contributed by atoms with Gasteiger partial charge in [0.2, 0.25) is 0 Å². The highest BCUT2D eigenvalue weighted by Gasteiger charge is 2.16. The maximum absolute atomic E-state index is 11.6. The Kier molecular flexibility index (Phi) is 4.28. The Morgan fingerprint density at radius 3 is 2.78 bits per heavy atom. The molecule has 2 heterocycles. The molecule has 0 amide bonds. The highest BCUT2D eigenvalue weighted by Crippen LogP contribution is 2.13. The number of thiophene rings is 1. The van der Waals surface area contributed by atoms with Gasteiger partial charge in [0.15, 0.2) is 0 Å². The van der Waals surface area contributed by atoms with Gasteiger partial charge in [-0.25, -0.2) is 4.79 Å². The van der Waals surface area contributed by atoms with Crippen LogP contribution in [0.5, 0.6) is 0 Å². The predicted octanol–water partition coefficient (Wildman–Crippen LogP) is -0.415. The summed E-state index contributed by atoms with van der Waals surface area (Å²) in [5, 5.41) is 12.3. The van der Waals surface area contributed by atoms with Gasteiger partial charge in [-0.1, -0.05) is 0 Å². The predicted molar refractivity (Wildman–Crippen MR) is 69.6 cm³/mol. The minimum Gasteiger partial charge on any atom is -0.480 e. The van der Waals surface area contributed by atoms with Crippen LogP contribution in [0.3, 0.4) is 0 Å². The minimum absolute atomic E-state index is 0. The van der Waals surface area contributed by atoms with Crippen LogP contribution in [-0.4, -0.2) is 26.7 Å². The van der Waals surface area contributed by atoms with E-state index in [0.29, 0.717) is 10.9 Å². The monoisotopic (exact) mass is 291 g/mol. The lowest BCUT2D eigenvalue weighted by Gasteiger charge is -2.09. The smallest absolute Gasteiger partial charge is 0.328 e. The molecule has 2 aromatic rings. The number of hydrogen-bond acceptors (Lipinski definition) is 5. The van der Waals surface area contributed by atoms with Crippen LogP contribution >= 0.6 is 23.7 Å². The molecular formula is C9H10ClN3O4S. The van der Waals surface area contributed by atoms with Crippen LogP contribution in [0.2, 0.25) is 0 Å². The van der Waals surface area contributed by atoms with Crippen LogP contribution < -0.4 is 17.0 Å². The summed E-state index contributed by atoms with van der Waals surface area (Å²) in [6.07, 6.45) is 0. The molecule has 9 heteroatoms. The maximum Gasteiger partial charge on any atom is 0.328 e. The van der Waals surface area contributed by atoms with Crippen LogP contribution in [-0.2, 0) is 11.3 Å². The molecule has 18 heavy (non-hydrogen) atoms. The number of aromatic nitrogens is 2. The molecule has 0 aromatic carbocycles. The van der Waals surface area contributed by atoms with E-state index >= 15 is 0 Å². The highest BCUT2D eigenvalue weighted by molar-refractivity contribution is 7.09. The average Bonchev–Trinajstić information content (AvgIpc) is 2.72. The first-order valence-electron chi connectivity index (χ1n) is 4.68. The third kappa shape index (κ3) is 2.45. The number of aliphatic carboxylic acids is 1. The van der Waals surface area contributed by atoms with Crippen LogP contribution in [0, 0.1) is 0 Å². The quantitative estimate of drug-likeness (QED) is 0.710. The maximum atomic E-state index is 11.6. The third-order valence-electron chi connectivity index (χ3n) is 2.34. The SMILES string of the molecule is Cl.N[C@@H](Cn1c(=O)[nH]c(=O)c2cscc21)C(=O)O. The van der Waals surface area contributed by atoms with E-state index in [2.05, 4.69) is 4.98 Å². The second-order valence-electron chi connectivity index (χ2n) is 3.49. The summed E-state index contributed by atoms with van der Waals surface area (Å²) < 4.78 is 1.16. The van der Waals surface area contributed by atoms with Gasteiger partial charge in [-0.2, -0.15) is 0 Å². The van der Waals surface area contributed by atoms with Crippen LogP contribution in [0.4, 0.5) is 0 Å². The summed E-state index contributed by atoms with van der Waals surface area (Å²) in [5.41, 5.74) is 4.64. The van der Waals surface area contributed by atoms with E-state index < -0.39 is 23.3 Å². The number of nitrogens with one attached hydrogen (secondary N) is 1. The van der Waals surface area contributed by atoms with Crippen molar-refractivity contribution in [3.8, 4) is 0 Å². The molecule has 98 valence electrons. The Morgan fingerprint density at radius 1 is 1.50 bits per heavy atom. The Labute approximate surface area is 110 Å². The first kappa shape index (κ1) is 14.4. The number of rotatable bonds is 3. The standard InChI is InChI=1S/C9H9N3O4S.ClH/c10-5(8(14)15)1-12-6-3-17-2-4(6)7(13)11-9(12)16;/h2-3,5H,1,10H2,(H,14,15)(H,11,13,16);1H/t5-;/m0./s1. The Balaban J connectivity index is 0.00000162. The highest BCUT2D eigenvalue weighted by atomic mass is 35.5. The van der Waals surface area contributed by atoms with E-state index in [0.717, 1.165) is 4.57 Å². The van der Waals surface area contributed by atoms with E-state index in [9.17, 15) is 14.4 Å². The molecule has 0 radical (unpaired) electrons. The zero-order valence-corrected chi connectivity index (χ0v) is 10.6. The molecule has 0 aliphatic carbocycles. The number of halogens is 1. The van der Waals surface area contributed by atoms with Gasteiger partial charge in [0.1, 0.15) is 6.04 Å². The zero-order valence-electron chi connectivity index (χ0n) is 8.95. The molecule has 0 aliphatic rings. The molecule has 0 saturated heterocycles. The number of nitrogens with zero attached hydrogens (tertiary/aromatic N) is 1. The molecule has 7 nitrogen and oxygen atoms in total. The van der Waals surface area contributed by atoms with Gasteiger partial charge < -0.3 is 10.8 Å². The largest absolute Gasteiger partial charge is 0.480 e. The fraction of sp³-hybridized carbons (Fsp3) is 0.222. The van der Waals surface area contributed by atoms with Gasteiger partial charge in [0, 0.05) is 10.8 Å². The summed E-state index contributed by atoms with van der Waals surface area (Å²) in [6, 6.07) is -1.19. The number of aromatic amines is 1. The van der Waals surface area contributed by atoms with Crippen LogP contribution in [0.25, 0.3) is 10.9 Å². The van der Waals surface area contributed by atoms with Crippen molar-refractivity contribution in [1.82, 2.24) is 9.55 Å². The molecule has 1 atom stereocenters. The van der Waals surface area contributed by atoms with Crippen molar-refractivity contribution in [2.45, 2.75) is 12.6 Å². The summed E-state index contributed by atoms with van der Waals surface area (Å²) in [6.45, 7) is -0.182. The van der Waals surface area contributed by atoms with Crippen LogP contribution in [0.1, 0.15) is 0 Å². The molecule has 0 unspecified atom stereocenters. The number of nitrogens with two attached hydrogens (primary N) is 1. The fourth-order valence-corrected chi connectivity index (χ4v) is 2.28. The molecular weight excluding hydrogens is 282 g/mol. The second kappa shape index (κ2) is 5.34. The summed E-state index contributed by atoms with van der Waals surface area (Å²) in [5.74, 6) is -1.20. The number of carbonyl (C=O) groups is 1. The Morgan fingerprint density at radius 2 is 2.17 bits per heavy atom. The van der Waals surface area contributed by atoms with E-state index in [1.165, 1.54) is 11.3 Å². The normalized spacial score (nSPS) is 12.1. The van der Waals surface area contributed by atoms with Crippen LogP contribution in [0.15, 0.2) is 20.3 Å². The molecule has 0 saturated carbocycles. The average molecular weight is 292 g/mol. The summed E-state index contributed by atoms with van der Waals surface area (Å²) >= 11 is 1.26. The van der Waals surface area contributed by atoms with Crippen molar-refractivity contribution in [3.05, 3.63) is 31.6 Å². The number of fused-ring (bicyclic) bond motifs is 1. The molecule has 0 bridgehead atoms. The number of carboxylic acids is 1. The Hall–Kier alpha value is -1.64. The first-order valence-corrected chi connectivity index (χ1v) is 5.62. The van der Waals surface area contributed by atoms with Gasteiger partial charge in [-0.3, -0.25) is 19.1 Å². The van der Waals surface area contributed by atoms with Crippen molar-refractivity contribution >= 4 is 40.6 Å². The molecule has 0 fully saturated rings. The van der Waals surface area contributed by atoms with Gasteiger partial charge in [-0.15, -0.1) is 23.7 Å². The minimum atomic E-state index is -1.20. The third-order valence-corrected chi connectivity index (χ3v) is 3.07. The molecule has 2 rings (SSSR count). The molecule has 0 spiro atoms. The Bertz CT molecular complexity index is 689. The van der Waals surface area contributed by atoms with E-state index in [4.69, 9.17) is 10.8 Å². The van der Waals surface area contributed by atoms with Crippen molar-refractivity contribution in [2.75, 3.05) is 0 Å². The summed E-state index contributed by atoms with van der Waals surface area (Å²) in [7, 11) is 0. The molecule has 4 N–H and O–H groups in total. The lowest BCUT2D eigenvalue weighted by atomic mass is 10.3. The van der Waals surface area contributed by atoms with Crippen molar-refractivity contribution < 1.29 is 9.90 Å². The molecule has 0 aliphatic heterocycles. The number of hydrogen-bond donors (Lipinski definition) is 3. The van der Waals surface area contributed by atoms with E-state index in [-0.39, 0.29) is 19.0 Å². The lowest BCUT2D eigenvalue weighted by Crippen LogP contribution is -2.40. The topological polar surface area (TPSA) is 118 Å². The number of carboxylic acid groups (broad SMARTS) is 1. The second-order valence-corrected chi connectivity index (χ2v) is 4.23. The fourth-order valence-electron chi connectivity index (χ4n) is 1.47. The lowest BCUT2D eigenvalue weighted by molar-refractivity contribution is -0.138. The first-order chi connectivity index (χ1) is 8.00. The van der Waals surface area contributed by atoms with Gasteiger partial charge in [0.05, 0.1) is 17.4 Å². The van der Waals surface area contributed by atoms with Crippen molar-refractivity contribution in [2.24, 2.45) is 5.73 Å². The van der Waals surface area contributed by atoms with E-state index in [1.807, 2.05) is 0 Å².